The molecule has 0 fully saturated rings. The molecular weight excluding hydrogens is 326 g/mol. The lowest BCUT2D eigenvalue weighted by Gasteiger charge is -2.32. The van der Waals surface area contributed by atoms with Gasteiger partial charge in [0.25, 0.3) is 0 Å². The van der Waals surface area contributed by atoms with E-state index in [9.17, 15) is 14.9 Å². The van der Waals surface area contributed by atoms with Gasteiger partial charge in [0, 0.05) is 22.0 Å². The zero-order chi connectivity index (χ0) is 18.1. The molecule has 3 aromatic carbocycles. The van der Waals surface area contributed by atoms with Gasteiger partial charge in [0.15, 0.2) is 5.78 Å². The molecule has 0 amide bonds. The van der Waals surface area contributed by atoms with Crippen molar-refractivity contribution in [2.75, 3.05) is 6.54 Å². The Labute approximate surface area is 151 Å². The smallest absolute Gasteiger partial charge is 0.211 e. The van der Waals surface area contributed by atoms with E-state index in [1.54, 1.807) is 0 Å². The molecular formula is C22H17NO3. The topological polar surface area (TPSA) is 60.2 Å². The fourth-order valence-corrected chi connectivity index (χ4v) is 3.96. The third-order valence-corrected chi connectivity index (χ3v) is 5.06. The van der Waals surface area contributed by atoms with Crippen molar-refractivity contribution >= 4 is 5.78 Å². The standard InChI is InChI=1S/C22H17NO3/c24-22-18-12-6-4-10-16(18)21(17-11-5-7-13-19(17)22)20(14-23(25)26)15-8-2-1-3-9-15/h1-13,20-21H,14H2/t20-/m1/s1. The Kier molecular flexibility index (Phi) is 4.09. The summed E-state index contributed by atoms with van der Waals surface area (Å²) in [5.41, 5.74) is 3.92. The maximum atomic E-state index is 12.9. The van der Waals surface area contributed by atoms with Gasteiger partial charge < -0.3 is 0 Å². The maximum Gasteiger partial charge on any atom is 0.211 e. The van der Waals surface area contributed by atoms with Gasteiger partial charge in [-0.3, -0.25) is 14.9 Å². The van der Waals surface area contributed by atoms with Crippen molar-refractivity contribution in [3.05, 3.63) is 117 Å². The number of nitrogens with zero attached hydrogens (tertiary/aromatic N) is 1. The van der Waals surface area contributed by atoms with Crippen molar-refractivity contribution in [3.63, 3.8) is 0 Å². The maximum absolute atomic E-state index is 12.9. The molecule has 0 radical (unpaired) electrons. The Hall–Kier alpha value is -3.27. The van der Waals surface area contributed by atoms with Crippen LogP contribution in [0.3, 0.4) is 0 Å². The van der Waals surface area contributed by atoms with Crippen LogP contribution < -0.4 is 0 Å². The molecule has 26 heavy (non-hydrogen) atoms. The fourth-order valence-electron chi connectivity index (χ4n) is 3.96. The second-order valence-corrected chi connectivity index (χ2v) is 6.51. The zero-order valence-electron chi connectivity index (χ0n) is 14.0. The van der Waals surface area contributed by atoms with E-state index in [4.69, 9.17) is 0 Å². The monoisotopic (exact) mass is 343 g/mol. The number of hydrogen-bond donors (Lipinski definition) is 0. The van der Waals surface area contributed by atoms with Crippen LogP contribution in [0.4, 0.5) is 0 Å². The van der Waals surface area contributed by atoms with Gasteiger partial charge in [-0.1, -0.05) is 78.9 Å². The molecule has 1 aliphatic carbocycles. The second kappa shape index (κ2) is 6.56. The lowest BCUT2D eigenvalue weighted by Crippen LogP contribution is -2.27. The second-order valence-electron chi connectivity index (χ2n) is 6.51. The molecule has 3 aromatic rings. The SMILES string of the molecule is O=C1c2ccccc2C([C@H](C[N+](=O)[O-])c2ccccc2)c2ccccc21. The number of fused-ring (bicyclic) bond motifs is 2. The van der Waals surface area contributed by atoms with Crippen LogP contribution in [0.1, 0.15) is 44.4 Å². The first-order valence-electron chi connectivity index (χ1n) is 8.56. The minimum Gasteiger partial charge on any atom is -0.289 e. The molecule has 0 heterocycles. The number of benzene rings is 3. The summed E-state index contributed by atoms with van der Waals surface area (Å²) in [5.74, 6) is -0.588. The van der Waals surface area contributed by atoms with Crippen LogP contribution >= 0.6 is 0 Å². The predicted molar refractivity (Wildman–Crippen MR) is 99.2 cm³/mol. The molecule has 4 heteroatoms. The normalized spacial score (nSPS) is 14.4. The molecule has 0 saturated heterocycles. The summed E-state index contributed by atoms with van der Waals surface area (Å²) in [6.45, 7) is -0.189. The average molecular weight is 343 g/mol. The van der Waals surface area contributed by atoms with Gasteiger partial charge in [0.2, 0.25) is 6.54 Å². The van der Waals surface area contributed by atoms with Gasteiger partial charge >= 0.3 is 0 Å². The van der Waals surface area contributed by atoms with Crippen molar-refractivity contribution in [2.45, 2.75) is 11.8 Å². The summed E-state index contributed by atoms with van der Waals surface area (Å²) in [4.78, 5) is 24.1. The summed E-state index contributed by atoms with van der Waals surface area (Å²) < 4.78 is 0. The third kappa shape index (κ3) is 2.69. The minimum absolute atomic E-state index is 0.0136. The molecule has 0 N–H and O–H groups in total. The number of hydrogen-bond acceptors (Lipinski definition) is 3. The van der Waals surface area contributed by atoms with Crippen LogP contribution in [0, 0.1) is 10.1 Å². The van der Waals surface area contributed by atoms with Gasteiger partial charge in [0.1, 0.15) is 0 Å². The van der Waals surface area contributed by atoms with Crippen LogP contribution in [-0.4, -0.2) is 17.3 Å². The first kappa shape index (κ1) is 16.2. The molecule has 0 aromatic heterocycles. The molecule has 128 valence electrons. The van der Waals surface area contributed by atoms with Crippen LogP contribution in [0.2, 0.25) is 0 Å². The van der Waals surface area contributed by atoms with E-state index in [1.807, 2.05) is 78.9 Å². The van der Waals surface area contributed by atoms with Gasteiger partial charge in [-0.15, -0.1) is 0 Å². The molecule has 0 saturated carbocycles. The first-order valence-corrected chi connectivity index (χ1v) is 8.56. The van der Waals surface area contributed by atoms with E-state index in [1.165, 1.54) is 0 Å². The molecule has 4 nitrogen and oxygen atoms in total. The summed E-state index contributed by atoms with van der Waals surface area (Å²) in [6, 6.07) is 24.5. The summed E-state index contributed by atoms with van der Waals surface area (Å²) >= 11 is 0. The lowest BCUT2D eigenvalue weighted by atomic mass is 9.70. The van der Waals surface area contributed by atoms with Crippen molar-refractivity contribution in [1.82, 2.24) is 0 Å². The Bertz CT molecular complexity index is 932. The van der Waals surface area contributed by atoms with Gasteiger partial charge in [0.05, 0.1) is 5.92 Å². The number of rotatable bonds is 4. The van der Waals surface area contributed by atoms with E-state index in [0.29, 0.717) is 11.1 Å². The van der Waals surface area contributed by atoms with E-state index < -0.39 is 0 Å². The van der Waals surface area contributed by atoms with Crippen LogP contribution in [0.5, 0.6) is 0 Å². The van der Waals surface area contributed by atoms with E-state index in [2.05, 4.69) is 0 Å². The molecule has 0 aliphatic heterocycles. The fraction of sp³-hybridized carbons (Fsp3) is 0.136. The highest BCUT2D eigenvalue weighted by atomic mass is 16.6. The lowest BCUT2D eigenvalue weighted by molar-refractivity contribution is -0.483. The number of nitro groups is 1. The molecule has 4 rings (SSSR count). The van der Waals surface area contributed by atoms with Crippen molar-refractivity contribution in [3.8, 4) is 0 Å². The zero-order valence-corrected chi connectivity index (χ0v) is 14.0. The molecule has 0 bridgehead atoms. The van der Waals surface area contributed by atoms with Gasteiger partial charge in [-0.2, -0.15) is 0 Å². The molecule has 1 aliphatic rings. The van der Waals surface area contributed by atoms with E-state index in [0.717, 1.165) is 16.7 Å². The highest BCUT2D eigenvalue weighted by Gasteiger charge is 2.38. The summed E-state index contributed by atoms with van der Waals surface area (Å²) in [5, 5.41) is 11.5. The van der Waals surface area contributed by atoms with Crippen LogP contribution in [0.25, 0.3) is 0 Å². The summed E-state index contributed by atoms with van der Waals surface area (Å²) in [7, 11) is 0. The number of carbonyl (C=O) groups excluding carboxylic acids is 1. The Morgan fingerprint density at radius 2 is 1.31 bits per heavy atom. The van der Waals surface area contributed by atoms with Crippen molar-refractivity contribution in [2.24, 2.45) is 0 Å². The number of carbonyl (C=O) groups is 1. The largest absolute Gasteiger partial charge is 0.289 e. The van der Waals surface area contributed by atoms with Crippen molar-refractivity contribution in [1.29, 1.82) is 0 Å². The highest BCUT2D eigenvalue weighted by Crippen LogP contribution is 2.45. The average Bonchev–Trinajstić information content (AvgIpc) is 2.68. The highest BCUT2D eigenvalue weighted by molar-refractivity contribution is 6.12. The Morgan fingerprint density at radius 1 is 0.808 bits per heavy atom. The molecule has 0 spiro atoms. The van der Waals surface area contributed by atoms with Crippen LogP contribution in [-0.2, 0) is 0 Å². The predicted octanol–water partition coefficient (Wildman–Crippen LogP) is 4.42. The molecule has 0 unspecified atom stereocenters. The molecule has 1 atom stereocenters. The quantitative estimate of drug-likeness (QED) is 0.520. The van der Waals surface area contributed by atoms with E-state index in [-0.39, 0.29) is 29.1 Å². The van der Waals surface area contributed by atoms with Gasteiger partial charge in [-0.25, -0.2) is 0 Å². The van der Waals surface area contributed by atoms with E-state index >= 15 is 0 Å². The Balaban J connectivity index is 1.95. The van der Waals surface area contributed by atoms with Crippen LogP contribution in [0.15, 0.2) is 78.9 Å². The Morgan fingerprint density at radius 3 is 1.85 bits per heavy atom. The summed E-state index contributed by atoms with van der Waals surface area (Å²) in [6.07, 6.45) is 0. The van der Waals surface area contributed by atoms with Crippen molar-refractivity contribution < 1.29 is 9.72 Å². The van der Waals surface area contributed by atoms with Gasteiger partial charge in [-0.05, 0) is 16.7 Å². The third-order valence-electron chi connectivity index (χ3n) is 5.06. The number of ketones is 1. The minimum atomic E-state index is -0.346. The first-order chi connectivity index (χ1) is 12.7.